The zero-order valence-corrected chi connectivity index (χ0v) is 8.86. The third-order valence-electron chi connectivity index (χ3n) is 2.33. The maximum Gasteiger partial charge on any atom is 0.326 e. The number of amides is 1. The Morgan fingerprint density at radius 2 is 2.20 bits per heavy atom. The van der Waals surface area contributed by atoms with Crippen LogP contribution in [0, 0.1) is 5.92 Å². The number of hydrogen-bond donors (Lipinski definition) is 2. The lowest BCUT2D eigenvalue weighted by molar-refractivity contribution is -0.142. The Balaban J connectivity index is 2.12. The molecule has 2 N–H and O–H groups in total. The highest BCUT2D eigenvalue weighted by Gasteiger charge is 2.22. The van der Waals surface area contributed by atoms with Crippen LogP contribution in [-0.2, 0) is 14.3 Å². The van der Waals surface area contributed by atoms with Crippen molar-refractivity contribution in [2.24, 2.45) is 5.92 Å². The molecule has 86 valence electrons. The van der Waals surface area contributed by atoms with Gasteiger partial charge < -0.3 is 15.2 Å². The summed E-state index contributed by atoms with van der Waals surface area (Å²) in [4.78, 5) is 21.8. The molecule has 1 saturated carbocycles. The van der Waals surface area contributed by atoms with E-state index in [0.717, 1.165) is 0 Å². The molecule has 1 aliphatic carbocycles. The van der Waals surface area contributed by atoms with Crippen molar-refractivity contribution in [3.05, 3.63) is 0 Å². The number of hydrogen-bond acceptors (Lipinski definition) is 3. The van der Waals surface area contributed by atoms with Gasteiger partial charge in [0.05, 0.1) is 6.61 Å². The van der Waals surface area contributed by atoms with Crippen LogP contribution in [0.25, 0.3) is 0 Å². The molecule has 0 aliphatic heterocycles. The van der Waals surface area contributed by atoms with E-state index in [1.54, 1.807) is 6.92 Å². The van der Waals surface area contributed by atoms with Crippen LogP contribution in [0.2, 0.25) is 0 Å². The molecular formula is C10H17NO4. The summed E-state index contributed by atoms with van der Waals surface area (Å²) in [6, 6.07) is -0.804. The molecule has 0 heterocycles. The Labute approximate surface area is 88.8 Å². The minimum absolute atomic E-state index is 0.0414. The monoisotopic (exact) mass is 215 g/mol. The fraction of sp³-hybridized carbons (Fsp3) is 0.800. The first-order valence-corrected chi connectivity index (χ1v) is 5.23. The molecule has 0 aromatic heterocycles. The second kappa shape index (κ2) is 5.70. The zero-order chi connectivity index (χ0) is 11.3. The average molecular weight is 215 g/mol. The minimum Gasteiger partial charge on any atom is -0.480 e. The molecule has 1 aliphatic rings. The fourth-order valence-electron chi connectivity index (χ4n) is 1.18. The van der Waals surface area contributed by atoms with Crippen molar-refractivity contribution < 1.29 is 19.4 Å². The number of aliphatic carboxylic acids is 1. The van der Waals surface area contributed by atoms with Crippen LogP contribution in [0.15, 0.2) is 0 Å². The van der Waals surface area contributed by atoms with Gasteiger partial charge in [-0.05, 0) is 25.2 Å². The van der Waals surface area contributed by atoms with E-state index in [4.69, 9.17) is 9.84 Å². The summed E-state index contributed by atoms with van der Waals surface area (Å²) in [5.74, 6) is -0.753. The van der Waals surface area contributed by atoms with E-state index < -0.39 is 12.0 Å². The highest BCUT2D eigenvalue weighted by Crippen LogP contribution is 2.28. The Bertz CT molecular complexity index is 238. The lowest BCUT2D eigenvalue weighted by Gasteiger charge is -2.12. The molecule has 0 radical (unpaired) electrons. The van der Waals surface area contributed by atoms with Crippen LogP contribution in [0.1, 0.15) is 26.2 Å². The van der Waals surface area contributed by atoms with Gasteiger partial charge in [0.1, 0.15) is 12.6 Å². The molecule has 5 heteroatoms. The van der Waals surface area contributed by atoms with E-state index in [9.17, 15) is 9.59 Å². The van der Waals surface area contributed by atoms with Crippen molar-refractivity contribution in [2.45, 2.75) is 32.2 Å². The summed E-state index contributed by atoms with van der Waals surface area (Å²) in [6.07, 6.45) is 2.73. The first-order valence-electron chi connectivity index (χ1n) is 5.23. The molecule has 1 amide bonds. The molecule has 0 bridgehead atoms. The van der Waals surface area contributed by atoms with Crippen LogP contribution in [0.4, 0.5) is 0 Å². The topological polar surface area (TPSA) is 75.6 Å². The van der Waals surface area contributed by atoms with E-state index in [0.29, 0.717) is 18.9 Å². The van der Waals surface area contributed by atoms with Gasteiger partial charge in [0, 0.05) is 0 Å². The summed E-state index contributed by atoms with van der Waals surface area (Å²) in [5, 5.41) is 11.1. The number of nitrogens with one attached hydrogen (secondary N) is 1. The summed E-state index contributed by atoms with van der Waals surface area (Å²) >= 11 is 0. The Kier molecular flexibility index (Phi) is 4.55. The molecule has 15 heavy (non-hydrogen) atoms. The molecule has 0 spiro atoms. The Morgan fingerprint density at radius 3 is 2.67 bits per heavy atom. The summed E-state index contributed by atoms with van der Waals surface area (Å²) in [6.45, 7) is 2.28. The number of carboxylic acids is 1. The number of carbonyl (C=O) groups is 2. The van der Waals surface area contributed by atoms with Gasteiger partial charge >= 0.3 is 5.97 Å². The Morgan fingerprint density at radius 1 is 1.53 bits per heavy atom. The molecule has 0 aromatic rings. The maximum absolute atomic E-state index is 11.2. The van der Waals surface area contributed by atoms with E-state index in [2.05, 4.69) is 5.32 Å². The molecule has 1 unspecified atom stereocenters. The van der Waals surface area contributed by atoms with Gasteiger partial charge in [-0.1, -0.05) is 6.92 Å². The summed E-state index contributed by atoms with van der Waals surface area (Å²) in [5.41, 5.74) is 0. The van der Waals surface area contributed by atoms with Gasteiger partial charge in [-0.2, -0.15) is 0 Å². The van der Waals surface area contributed by atoms with Gasteiger partial charge in [0.2, 0.25) is 5.91 Å². The second-order valence-corrected chi connectivity index (χ2v) is 3.83. The van der Waals surface area contributed by atoms with E-state index in [1.807, 2.05) is 0 Å². The van der Waals surface area contributed by atoms with Crippen molar-refractivity contribution in [3.63, 3.8) is 0 Å². The van der Waals surface area contributed by atoms with Crippen LogP contribution >= 0.6 is 0 Å². The second-order valence-electron chi connectivity index (χ2n) is 3.83. The molecular weight excluding hydrogens is 198 g/mol. The summed E-state index contributed by atoms with van der Waals surface area (Å²) < 4.78 is 5.14. The molecule has 0 aromatic carbocycles. The van der Waals surface area contributed by atoms with Crippen molar-refractivity contribution in [3.8, 4) is 0 Å². The van der Waals surface area contributed by atoms with Crippen LogP contribution < -0.4 is 5.32 Å². The number of carbonyl (C=O) groups excluding carboxylic acids is 1. The fourth-order valence-corrected chi connectivity index (χ4v) is 1.18. The lowest BCUT2D eigenvalue weighted by Crippen LogP contribution is -2.42. The van der Waals surface area contributed by atoms with E-state index in [-0.39, 0.29) is 12.5 Å². The third kappa shape index (κ3) is 4.78. The first kappa shape index (κ1) is 12.0. The standard InChI is InChI=1S/C10H17NO4/c1-2-8(10(13)14)11-9(12)6-15-5-7-3-4-7/h7-8H,2-6H2,1H3,(H,11,12)(H,13,14). The maximum atomic E-state index is 11.2. The van der Waals surface area contributed by atoms with Crippen molar-refractivity contribution in [1.82, 2.24) is 5.32 Å². The third-order valence-corrected chi connectivity index (χ3v) is 2.33. The predicted molar refractivity (Wildman–Crippen MR) is 53.4 cm³/mol. The molecule has 1 rings (SSSR count). The van der Waals surface area contributed by atoms with Crippen molar-refractivity contribution in [2.75, 3.05) is 13.2 Å². The van der Waals surface area contributed by atoms with Crippen LogP contribution in [0.3, 0.4) is 0 Å². The molecule has 0 saturated heterocycles. The quantitative estimate of drug-likeness (QED) is 0.644. The van der Waals surface area contributed by atoms with Gasteiger partial charge in [0.15, 0.2) is 0 Å². The highest BCUT2D eigenvalue weighted by molar-refractivity contribution is 5.84. The molecule has 1 fully saturated rings. The van der Waals surface area contributed by atoms with Crippen molar-refractivity contribution in [1.29, 1.82) is 0 Å². The van der Waals surface area contributed by atoms with Gasteiger partial charge in [-0.25, -0.2) is 4.79 Å². The smallest absolute Gasteiger partial charge is 0.326 e. The van der Waals surface area contributed by atoms with Gasteiger partial charge in [0.25, 0.3) is 0 Å². The normalized spacial score (nSPS) is 17.1. The Hall–Kier alpha value is -1.10. The molecule has 1 atom stereocenters. The van der Waals surface area contributed by atoms with Crippen LogP contribution in [-0.4, -0.2) is 36.2 Å². The van der Waals surface area contributed by atoms with E-state index in [1.165, 1.54) is 12.8 Å². The van der Waals surface area contributed by atoms with Crippen LogP contribution in [0.5, 0.6) is 0 Å². The first-order chi connectivity index (χ1) is 7.13. The van der Waals surface area contributed by atoms with Crippen molar-refractivity contribution >= 4 is 11.9 Å². The minimum atomic E-state index is -1.01. The SMILES string of the molecule is CCC(NC(=O)COCC1CC1)C(=O)O. The lowest BCUT2D eigenvalue weighted by atomic mass is 10.2. The number of rotatable bonds is 7. The van der Waals surface area contributed by atoms with Gasteiger partial charge in [-0.15, -0.1) is 0 Å². The number of carboxylic acid groups (broad SMARTS) is 1. The predicted octanol–water partition coefficient (Wildman–Crippen LogP) is 0.392. The largest absolute Gasteiger partial charge is 0.480 e. The van der Waals surface area contributed by atoms with E-state index >= 15 is 0 Å². The number of ether oxygens (including phenoxy) is 1. The molecule has 5 nitrogen and oxygen atoms in total. The average Bonchev–Trinajstić information content (AvgIpc) is 2.97. The van der Waals surface area contributed by atoms with Gasteiger partial charge in [-0.3, -0.25) is 4.79 Å². The summed E-state index contributed by atoms with van der Waals surface area (Å²) in [7, 11) is 0. The zero-order valence-electron chi connectivity index (χ0n) is 8.86. The highest BCUT2D eigenvalue weighted by atomic mass is 16.5.